The first kappa shape index (κ1) is 21.8. The van der Waals surface area contributed by atoms with Crippen LogP contribution in [0, 0.1) is 0 Å². The third-order valence-electron chi connectivity index (χ3n) is 4.21. The highest BCUT2D eigenvalue weighted by Crippen LogP contribution is 2.37. The summed E-state index contributed by atoms with van der Waals surface area (Å²) in [5.74, 6) is -1.83. The van der Waals surface area contributed by atoms with Gasteiger partial charge in [-0.05, 0) is 17.7 Å². The fourth-order valence-corrected chi connectivity index (χ4v) is 3.25. The number of hydrogen-bond donors (Lipinski definition) is 2. The van der Waals surface area contributed by atoms with E-state index in [9.17, 15) is 19.5 Å². The second-order valence-corrected chi connectivity index (χ2v) is 7.30. The van der Waals surface area contributed by atoms with Gasteiger partial charge in [0.1, 0.15) is 0 Å². The Balaban J connectivity index is 1.88. The summed E-state index contributed by atoms with van der Waals surface area (Å²) >= 11 is 12.5. The van der Waals surface area contributed by atoms with Crippen LogP contribution in [0.1, 0.15) is 34.6 Å². The number of carbonyl (C=O) groups excluding carboxylic acids is 1. The van der Waals surface area contributed by atoms with E-state index in [-0.39, 0.29) is 46.1 Å². The maximum absolute atomic E-state index is 12.2. The van der Waals surface area contributed by atoms with Crippen molar-refractivity contribution in [1.82, 2.24) is 19.9 Å². The number of benzene rings is 1. The molecule has 0 amide bonds. The van der Waals surface area contributed by atoms with Crippen molar-refractivity contribution in [2.45, 2.75) is 19.3 Å². The number of halogens is 2. The molecule has 0 fully saturated rings. The summed E-state index contributed by atoms with van der Waals surface area (Å²) in [6, 6.07) is 4.35. The maximum atomic E-state index is 12.2. The number of carbonyl (C=O) groups is 1. The Hall–Kier alpha value is -2.95. The van der Waals surface area contributed by atoms with Gasteiger partial charge in [0.25, 0.3) is 5.56 Å². The van der Waals surface area contributed by atoms with Gasteiger partial charge in [-0.1, -0.05) is 35.3 Å². The predicted octanol–water partition coefficient (Wildman–Crippen LogP) is 2.08. The molecule has 2 aromatic heterocycles. The Bertz CT molecular complexity index is 1190. The van der Waals surface area contributed by atoms with Crippen molar-refractivity contribution in [3.05, 3.63) is 66.1 Å². The summed E-state index contributed by atoms with van der Waals surface area (Å²) in [6.45, 7) is 1.47. The standard InChI is InChI=1S/C18H16Cl2N4O6/c1-8(7-25)10-6-14(22-24(2)17(10)27)29-15-11(19)3-9(4-12(15)20)5-13(26)16-21-18(28)30-23-16/h3-4,6,8,25H,5,7H2,1-2H3,(H,21,23,28). The number of nitrogens with zero attached hydrogens (tertiary/aromatic N) is 3. The molecule has 158 valence electrons. The number of hydrogen-bond acceptors (Lipinski definition) is 8. The SMILES string of the molecule is CC(CO)c1cc(Oc2c(Cl)cc(CC(=O)c3noc(=O)[nH]3)cc2Cl)nn(C)c1=O. The zero-order valence-corrected chi connectivity index (χ0v) is 17.3. The van der Waals surface area contributed by atoms with Crippen LogP contribution in [0.4, 0.5) is 0 Å². The van der Waals surface area contributed by atoms with E-state index >= 15 is 0 Å². The Morgan fingerprint density at radius 3 is 2.53 bits per heavy atom. The maximum Gasteiger partial charge on any atom is 0.439 e. The molecular weight excluding hydrogens is 439 g/mol. The van der Waals surface area contributed by atoms with Crippen LogP contribution in [0.25, 0.3) is 0 Å². The lowest BCUT2D eigenvalue weighted by Gasteiger charge is -2.14. The van der Waals surface area contributed by atoms with E-state index in [2.05, 4.69) is 19.8 Å². The summed E-state index contributed by atoms with van der Waals surface area (Å²) in [5, 5.41) is 16.9. The zero-order chi connectivity index (χ0) is 22.0. The van der Waals surface area contributed by atoms with Crippen molar-refractivity contribution in [2.75, 3.05) is 6.61 Å². The lowest BCUT2D eigenvalue weighted by Crippen LogP contribution is -2.25. The molecule has 12 heteroatoms. The van der Waals surface area contributed by atoms with Crippen molar-refractivity contribution in [2.24, 2.45) is 7.05 Å². The molecule has 0 spiro atoms. The van der Waals surface area contributed by atoms with E-state index in [0.29, 0.717) is 11.1 Å². The predicted molar refractivity (Wildman–Crippen MR) is 107 cm³/mol. The van der Waals surface area contributed by atoms with Gasteiger partial charge in [-0.3, -0.25) is 19.1 Å². The highest BCUT2D eigenvalue weighted by atomic mass is 35.5. The van der Waals surface area contributed by atoms with Gasteiger partial charge in [0.2, 0.25) is 17.5 Å². The van der Waals surface area contributed by atoms with Crippen LogP contribution in [-0.2, 0) is 13.5 Å². The Morgan fingerprint density at radius 2 is 1.97 bits per heavy atom. The van der Waals surface area contributed by atoms with E-state index in [1.807, 2.05) is 0 Å². The Labute approximate surface area is 179 Å². The molecule has 3 rings (SSSR count). The normalized spacial score (nSPS) is 12.0. The van der Waals surface area contributed by atoms with Gasteiger partial charge in [0.15, 0.2) is 5.75 Å². The number of ether oxygens (including phenoxy) is 1. The van der Waals surface area contributed by atoms with Crippen molar-refractivity contribution in [3.63, 3.8) is 0 Å². The van der Waals surface area contributed by atoms with Crippen LogP contribution in [0.15, 0.2) is 32.3 Å². The molecule has 1 aromatic carbocycles. The van der Waals surface area contributed by atoms with Crippen molar-refractivity contribution in [3.8, 4) is 11.6 Å². The molecule has 10 nitrogen and oxygen atoms in total. The van der Waals surface area contributed by atoms with E-state index in [1.165, 1.54) is 25.2 Å². The number of nitrogens with one attached hydrogen (secondary N) is 1. The van der Waals surface area contributed by atoms with Crippen LogP contribution >= 0.6 is 23.2 Å². The third-order valence-corrected chi connectivity index (χ3v) is 4.77. The largest absolute Gasteiger partial charge is 0.439 e. The van der Waals surface area contributed by atoms with E-state index in [4.69, 9.17) is 27.9 Å². The topological polar surface area (TPSA) is 140 Å². The molecular formula is C18H16Cl2N4O6. The molecule has 0 aliphatic carbocycles. The second-order valence-electron chi connectivity index (χ2n) is 6.48. The number of aromatic amines is 1. The number of Topliss-reactive ketones (excluding diaryl/α,β-unsaturated/α-hetero) is 1. The molecule has 0 bridgehead atoms. The molecule has 3 aromatic rings. The van der Waals surface area contributed by atoms with Crippen LogP contribution in [0.5, 0.6) is 11.6 Å². The Morgan fingerprint density at radius 1 is 1.30 bits per heavy atom. The quantitative estimate of drug-likeness (QED) is 0.516. The lowest BCUT2D eigenvalue weighted by atomic mass is 10.1. The number of aliphatic hydroxyl groups is 1. The smallest absolute Gasteiger partial charge is 0.434 e. The first-order valence-electron chi connectivity index (χ1n) is 8.63. The first-order valence-corrected chi connectivity index (χ1v) is 9.39. The third kappa shape index (κ3) is 4.61. The minimum atomic E-state index is -0.835. The highest BCUT2D eigenvalue weighted by molar-refractivity contribution is 6.37. The van der Waals surface area contributed by atoms with Crippen LogP contribution in [0.2, 0.25) is 10.0 Å². The van der Waals surface area contributed by atoms with Crippen LogP contribution in [0.3, 0.4) is 0 Å². The zero-order valence-electron chi connectivity index (χ0n) is 15.8. The molecule has 2 heterocycles. The molecule has 30 heavy (non-hydrogen) atoms. The van der Waals surface area contributed by atoms with E-state index in [0.717, 1.165) is 4.68 Å². The first-order chi connectivity index (χ1) is 14.2. The van der Waals surface area contributed by atoms with Crippen LogP contribution < -0.4 is 16.1 Å². The lowest BCUT2D eigenvalue weighted by molar-refractivity contribution is 0.0980. The fourth-order valence-electron chi connectivity index (χ4n) is 2.64. The molecule has 0 aliphatic rings. The van der Waals surface area contributed by atoms with E-state index < -0.39 is 17.5 Å². The number of aromatic nitrogens is 4. The van der Waals surface area contributed by atoms with Crippen molar-refractivity contribution < 1.29 is 19.2 Å². The van der Waals surface area contributed by atoms with Crippen molar-refractivity contribution >= 4 is 29.0 Å². The van der Waals surface area contributed by atoms with Gasteiger partial charge in [-0.15, -0.1) is 5.10 Å². The van der Waals surface area contributed by atoms with Gasteiger partial charge in [-0.2, -0.15) is 0 Å². The number of aryl methyl sites for hydroxylation is 1. The monoisotopic (exact) mass is 454 g/mol. The highest BCUT2D eigenvalue weighted by Gasteiger charge is 2.18. The van der Waals surface area contributed by atoms with Gasteiger partial charge < -0.3 is 9.84 Å². The fraction of sp³-hybridized carbons (Fsp3) is 0.278. The summed E-state index contributed by atoms with van der Waals surface area (Å²) in [4.78, 5) is 37.5. The minimum absolute atomic E-state index is 0.0557. The van der Waals surface area contributed by atoms with Crippen molar-refractivity contribution in [1.29, 1.82) is 0 Å². The summed E-state index contributed by atoms with van der Waals surface area (Å²) < 4.78 is 11.1. The Kier molecular flexibility index (Phi) is 6.40. The number of ketones is 1. The molecule has 0 saturated carbocycles. The molecule has 0 aliphatic heterocycles. The molecule has 1 unspecified atom stereocenters. The molecule has 0 saturated heterocycles. The average molecular weight is 455 g/mol. The van der Waals surface area contributed by atoms with E-state index in [1.54, 1.807) is 6.92 Å². The summed E-state index contributed by atoms with van der Waals surface area (Å²) in [6.07, 6.45) is -0.140. The van der Waals surface area contributed by atoms with Gasteiger partial charge >= 0.3 is 5.76 Å². The summed E-state index contributed by atoms with van der Waals surface area (Å²) in [5.41, 5.74) is 0.413. The van der Waals surface area contributed by atoms with Gasteiger partial charge in [-0.25, -0.2) is 9.48 Å². The molecule has 1 atom stereocenters. The number of H-pyrrole nitrogens is 1. The van der Waals surface area contributed by atoms with Gasteiger partial charge in [0, 0.05) is 37.6 Å². The molecule has 2 N–H and O–H groups in total. The average Bonchev–Trinajstić information content (AvgIpc) is 3.13. The number of rotatable bonds is 7. The second kappa shape index (κ2) is 8.82. The van der Waals surface area contributed by atoms with Gasteiger partial charge in [0.05, 0.1) is 10.0 Å². The minimum Gasteiger partial charge on any atom is -0.434 e. The number of aliphatic hydroxyl groups excluding tert-OH is 1. The summed E-state index contributed by atoms with van der Waals surface area (Å²) in [7, 11) is 1.45. The van der Waals surface area contributed by atoms with Crippen LogP contribution in [-0.4, -0.2) is 37.4 Å². The molecule has 0 radical (unpaired) electrons.